The van der Waals surface area contributed by atoms with E-state index in [2.05, 4.69) is 24.9 Å². The molecule has 0 atom stereocenters. The molecule has 0 amide bonds. The van der Waals surface area contributed by atoms with Gasteiger partial charge >= 0.3 is 0 Å². The number of ether oxygens (including phenoxy) is 1. The smallest absolute Gasteiger partial charge is 0.240 e. The first-order chi connectivity index (χ1) is 23.2. The zero-order chi connectivity index (χ0) is 33.8. The molecule has 11 nitrogen and oxygen atoms in total. The minimum absolute atomic E-state index is 0.0785. The average molecular weight is 675 g/mol. The second-order valence-electron chi connectivity index (χ2n) is 12.0. The van der Waals surface area contributed by atoms with Gasteiger partial charge in [0, 0.05) is 48.1 Å². The van der Waals surface area contributed by atoms with Gasteiger partial charge in [-0.1, -0.05) is 36.4 Å². The topological polar surface area (TPSA) is 142 Å². The number of carbonyl (C=O) groups is 1. The van der Waals surface area contributed by atoms with Gasteiger partial charge in [-0.05, 0) is 79.4 Å². The van der Waals surface area contributed by atoms with Crippen molar-refractivity contribution in [3.63, 3.8) is 0 Å². The van der Waals surface area contributed by atoms with Crippen LogP contribution < -0.4 is 9.46 Å². The number of nitrogens with one attached hydrogen (secondary N) is 2. The Balaban J connectivity index is 1.02. The number of carbonyl (C=O) groups excluding carboxylic acids is 1. The summed E-state index contributed by atoms with van der Waals surface area (Å²) in [6.45, 7) is 4.80. The molecule has 2 aromatic heterocycles. The SMILES string of the molecule is CCC(=O)c1[nH]c2ccc(F)cc2c1-c1cn(CC2CCN(CCNS(=O)(=O)c3ccc(-c4c(CO)cccc4OC)cc3)CC2)nn1. The normalized spacial score (nSPS) is 14.5. The van der Waals surface area contributed by atoms with E-state index in [0.717, 1.165) is 37.1 Å². The van der Waals surface area contributed by atoms with E-state index in [-0.39, 0.29) is 29.6 Å². The third kappa shape index (κ3) is 7.04. The molecular formula is C35H39FN6O5S. The molecule has 0 unspecified atom stereocenters. The van der Waals surface area contributed by atoms with Gasteiger partial charge in [-0.2, -0.15) is 0 Å². The largest absolute Gasteiger partial charge is 0.496 e. The molecule has 6 rings (SSSR count). The number of nitrogens with zero attached hydrogens (tertiary/aromatic N) is 4. The summed E-state index contributed by atoms with van der Waals surface area (Å²) >= 11 is 0. The number of aromatic amines is 1. The highest BCUT2D eigenvalue weighted by Gasteiger charge is 2.24. The molecule has 0 saturated carbocycles. The van der Waals surface area contributed by atoms with E-state index >= 15 is 0 Å². The lowest BCUT2D eigenvalue weighted by Crippen LogP contribution is -2.40. The molecule has 1 aliphatic heterocycles. The van der Waals surface area contributed by atoms with Crippen LogP contribution in [0.5, 0.6) is 5.75 Å². The molecule has 13 heteroatoms. The van der Waals surface area contributed by atoms with E-state index in [9.17, 15) is 22.7 Å². The molecular weight excluding hydrogens is 635 g/mol. The summed E-state index contributed by atoms with van der Waals surface area (Å²) in [5, 5.41) is 19.1. The summed E-state index contributed by atoms with van der Waals surface area (Å²) in [6.07, 6.45) is 3.96. The molecule has 3 heterocycles. The number of hydrogen-bond donors (Lipinski definition) is 3. The second kappa shape index (κ2) is 14.4. The first-order valence-corrected chi connectivity index (χ1v) is 17.5. The number of sulfonamides is 1. The van der Waals surface area contributed by atoms with Crippen LogP contribution in [0.2, 0.25) is 0 Å². The van der Waals surface area contributed by atoms with Crippen LogP contribution in [0.25, 0.3) is 33.3 Å². The van der Waals surface area contributed by atoms with Gasteiger partial charge in [0.25, 0.3) is 0 Å². The first kappa shape index (κ1) is 33.5. The lowest BCUT2D eigenvalue weighted by molar-refractivity contribution is 0.0984. The highest BCUT2D eigenvalue weighted by atomic mass is 32.2. The monoisotopic (exact) mass is 674 g/mol. The molecule has 0 spiro atoms. The quantitative estimate of drug-likeness (QED) is 0.148. The van der Waals surface area contributed by atoms with Gasteiger partial charge in [0.15, 0.2) is 5.78 Å². The van der Waals surface area contributed by atoms with Crippen LogP contribution >= 0.6 is 0 Å². The van der Waals surface area contributed by atoms with Gasteiger partial charge in [0.05, 0.1) is 30.5 Å². The van der Waals surface area contributed by atoms with Gasteiger partial charge in [-0.3, -0.25) is 9.48 Å². The van der Waals surface area contributed by atoms with E-state index < -0.39 is 10.0 Å². The van der Waals surface area contributed by atoms with E-state index in [4.69, 9.17) is 4.74 Å². The Morgan fingerprint density at radius 3 is 2.58 bits per heavy atom. The molecule has 3 aromatic carbocycles. The maximum absolute atomic E-state index is 14.1. The Morgan fingerprint density at radius 1 is 1.10 bits per heavy atom. The predicted octanol–water partition coefficient (Wildman–Crippen LogP) is 5.02. The predicted molar refractivity (Wildman–Crippen MR) is 181 cm³/mol. The number of rotatable bonds is 13. The van der Waals surface area contributed by atoms with Crippen LogP contribution in [0.4, 0.5) is 4.39 Å². The van der Waals surface area contributed by atoms with Gasteiger partial charge in [0.2, 0.25) is 10.0 Å². The summed E-state index contributed by atoms with van der Waals surface area (Å²) < 4.78 is 50.1. The molecule has 3 N–H and O–H groups in total. The number of halogens is 1. The molecule has 48 heavy (non-hydrogen) atoms. The number of fused-ring (bicyclic) bond motifs is 1. The molecule has 1 saturated heterocycles. The van der Waals surface area contributed by atoms with Crippen LogP contribution in [0.1, 0.15) is 42.2 Å². The Labute approximate surface area is 278 Å². The first-order valence-electron chi connectivity index (χ1n) is 16.0. The summed E-state index contributed by atoms with van der Waals surface area (Å²) in [5.41, 5.74) is 4.36. The van der Waals surface area contributed by atoms with Crippen molar-refractivity contribution in [3.05, 3.63) is 83.9 Å². The second-order valence-corrected chi connectivity index (χ2v) is 13.8. The maximum atomic E-state index is 14.1. The number of aliphatic hydroxyl groups excluding tert-OH is 1. The highest BCUT2D eigenvalue weighted by molar-refractivity contribution is 7.89. The van der Waals surface area contributed by atoms with Crippen LogP contribution in [0, 0.1) is 11.7 Å². The number of Topliss-reactive ketones (excluding diaryl/α,β-unsaturated/α-hetero) is 1. The van der Waals surface area contributed by atoms with Crippen LogP contribution in [-0.2, 0) is 23.2 Å². The zero-order valence-electron chi connectivity index (χ0n) is 26.9. The van der Waals surface area contributed by atoms with Crippen molar-refractivity contribution in [2.45, 2.75) is 44.2 Å². The van der Waals surface area contributed by atoms with Gasteiger partial charge < -0.3 is 19.7 Å². The minimum atomic E-state index is -3.71. The summed E-state index contributed by atoms with van der Waals surface area (Å²) in [7, 11) is -2.15. The minimum Gasteiger partial charge on any atom is -0.496 e. The maximum Gasteiger partial charge on any atom is 0.240 e. The summed E-state index contributed by atoms with van der Waals surface area (Å²) in [6, 6.07) is 16.4. The molecule has 1 aliphatic rings. The van der Waals surface area contributed by atoms with Gasteiger partial charge in [-0.25, -0.2) is 17.5 Å². The van der Waals surface area contributed by atoms with E-state index in [1.165, 1.54) is 12.1 Å². The Morgan fingerprint density at radius 2 is 1.88 bits per heavy atom. The fourth-order valence-corrected chi connectivity index (χ4v) is 7.42. The number of piperidine rings is 1. The number of H-pyrrole nitrogens is 1. The van der Waals surface area contributed by atoms with Gasteiger partial charge in [0.1, 0.15) is 17.3 Å². The lowest BCUT2D eigenvalue weighted by Gasteiger charge is -2.31. The molecule has 1 fully saturated rings. The fourth-order valence-electron chi connectivity index (χ4n) is 6.40. The van der Waals surface area contributed by atoms with Crippen molar-refractivity contribution in [1.82, 2.24) is 29.6 Å². The number of aromatic nitrogens is 4. The van der Waals surface area contributed by atoms with Crippen LogP contribution in [0.15, 0.2) is 71.8 Å². The summed E-state index contributed by atoms with van der Waals surface area (Å²) in [4.78, 5) is 18.2. The summed E-state index contributed by atoms with van der Waals surface area (Å²) in [5.74, 6) is 0.497. The number of hydrogen-bond acceptors (Lipinski definition) is 8. The van der Waals surface area contributed by atoms with E-state index in [1.807, 2.05) is 6.20 Å². The van der Waals surface area contributed by atoms with E-state index in [1.54, 1.807) is 67.2 Å². The third-order valence-corrected chi connectivity index (χ3v) is 10.5. The number of ketones is 1. The van der Waals surface area contributed by atoms with Crippen molar-refractivity contribution in [1.29, 1.82) is 0 Å². The average Bonchev–Trinajstić information content (AvgIpc) is 3.72. The number of methoxy groups -OCH3 is 1. The molecule has 252 valence electrons. The number of likely N-dealkylation sites (tertiary alicyclic amines) is 1. The Bertz CT molecular complexity index is 1990. The Kier molecular flexibility index (Phi) is 10.0. The lowest BCUT2D eigenvalue weighted by atomic mass is 9.97. The van der Waals surface area contributed by atoms with Crippen molar-refractivity contribution in [2.24, 2.45) is 5.92 Å². The molecule has 0 aliphatic carbocycles. The fraction of sp³-hybridized carbons (Fsp3) is 0.343. The molecule has 5 aromatic rings. The van der Waals surface area contributed by atoms with Crippen LogP contribution in [0.3, 0.4) is 0 Å². The van der Waals surface area contributed by atoms with Crippen LogP contribution in [-0.4, -0.2) is 77.5 Å². The van der Waals surface area contributed by atoms with Crippen molar-refractivity contribution in [3.8, 4) is 28.1 Å². The van der Waals surface area contributed by atoms with Crippen molar-refractivity contribution in [2.75, 3.05) is 33.3 Å². The number of aliphatic hydroxyl groups is 1. The third-order valence-electron chi connectivity index (χ3n) is 8.98. The zero-order valence-corrected chi connectivity index (χ0v) is 27.8. The van der Waals surface area contributed by atoms with Crippen molar-refractivity contribution >= 4 is 26.7 Å². The standard InChI is InChI=1S/C35H39FN6O5S/c1-3-31(44)35-34(28-19-26(36)9-12-29(28)38-35)30-21-42(40-39-30)20-23-13-16-41(17-14-23)18-15-37-48(45,46)27-10-7-24(8-11-27)33-25(22-43)5-4-6-32(33)47-2/h4-12,19,21,23,37-38,43H,3,13-18,20,22H2,1-2H3. The molecule has 0 radical (unpaired) electrons. The van der Waals surface area contributed by atoms with E-state index in [0.29, 0.717) is 64.6 Å². The van der Waals surface area contributed by atoms with Gasteiger partial charge in [-0.15, -0.1) is 5.10 Å². The van der Waals surface area contributed by atoms with Crippen molar-refractivity contribution < 1.29 is 27.4 Å². The number of benzene rings is 3. The highest BCUT2D eigenvalue weighted by Crippen LogP contribution is 2.35. The molecule has 0 bridgehead atoms. The Hall–Kier alpha value is -4.43.